The van der Waals surface area contributed by atoms with E-state index in [9.17, 15) is 9.18 Å². The van der Waals surface area contributed by atoms with Gasteiger partial charge in [-0.1, -0.05) is 24.3 Å². The van der Waals surface area contributed by atoms with Gasteiger partial charge in [-0.15, -0.1) is 0 Å². The molecule has 0 unspecified atom stereocenters. The van der Waals surface area contributed by atoms with Gasteiger partial charge in [0.25, 0.3) is 5.91 Å². The van der Waals surface area contributed by atoms with Crippen LogP contribution >= 0.6 is 0 Å². The molecule has 0 saturated heterocycles. The lowest BCUT2D eigenvalue weighted by molar-refractivity contribution is 0.102. The Hall–Kier alpha value is -3.54. The Balaban J connectivity index is 1.55. The maximum atomic E-state index is 13.6. The fourth-order valence-electron chi connectivity index (χ4n) is 2.61. The number of amides is 1. The first-order valence-electron chi connectivity index (χ1n) is 7.65. The SMILES string of the molecule is O=C(Nc1cnc2c(F)cccc2c1)c1ccc(-c2cnc[nH]2)cc1. The van der Waals surface area contributed by atoms with Crippen molar-refractivity contribution >= 4 is 22.5 Å². The summed E-state index contributed by atoms with van der Waals surface area (Å²) >= 11 is 0. The standard InChI is InChI=1S/C19H13FN4O/c20-16-3-1-2-14-8-15(9-22-18(14)16)24-19(25)13-6-4-12(5-7-13)17-10-21-11-23-17/h1-11H,(H,21,23)(H,24,25). The van der Waals surface area contributed by atoms with Crippen LogP contribution in [0.2, 0.25) is 0 Å². The summed E-state index contributed by atoms with van der Waals surface area (Å²) in [6.45, 7) is 0. The van der Waals surface area contributed by atoms with Crippen LogP contribution in [0.5, 0.6) is 0 Å². The predicted molar refractivity (Wildman–Crippen MR) is 93.7 cm³/mol. The number of para-hydroxylation sites is 1. The molecule has 122 valence electrons. The minimum atomic E-state index is -0.384. The van der Waals surface area contributed by atoms with E-state index in [-0.39, 0.29) is 17.2 Å². The van der Waals surface area contributed by atoms with Crippen molar-refractivity contribution in [2.24, 2.45) is 0 Å². The topological polar surface area (TPSA) is 70.7 Å². The van der Waals surface area contributed by atoms with E-state index in [0.29, 0.717) is 16.6 Å². The van der Waals surface area contributed by atoms with Crippen LogP contribution < -0.4 is 5.32 Å². The lowest BCUT2D eigenvalue weighted by atomic mass is 10.1. The smallest absolute Gasteiger partial charge is 0.255 e. The van der Waals surface area contributed by atoms with Gasteiger partial charge in [0.05, 0.1) is 30.1 Å². The summed E-state index contributed by atoms with van der Waals surface area (Å²) in [5.41, 5.74) is 3.14. The Morgan fingerprint density at radius 1 is 1.08 bits per heavy atom. The summed E-state index contributed by atoms with van der Waals surface area (Å²) in [5, 5.41) is 3.41. The second-order valence-electron chi connectivity index (χ2n) is 5.53. The molecule has 4 aromatic rings. The molecule has 0 aliphatic heterocycles. The molecule has 0 spiro atoms. The van der Waals surface area contributed by atoms with E-state index in [2.05, 4.69) is 20.3 Å². The van der Waals surface area contributed by atoms with Gasteiger partial charge in [-0.2, -0.15) is 0 Å². The number of carbonyl (C=O) groups is 1. The molecule has 1 amide bonds. The molecule has 0 aliphatic carbocycles. The van der Waals surface area contributed by atoms with Crippen LogP contribution in [0.1, 0.15) is 10.4 Å². The Morgan fingerprint density at radius 3 is 2.68 bits per heavy atom. The van der Waals surface area contributed by atoms with Gasteiger partial charge in [0.1, 0.15) is 11.3 Å². The fraction of sp³-hybridized carbons (Fsp3) is 0. The summed E-state index contributed by atoms with van der Waals surface area (Å²) in [6, 6.07) is 13.6. The van der Waals surface area contributed by atoms with Gasteiger partial charge < -0.3 is 10.3 Å². The van der Waals surface area contributed by atoms with Crippen LogP contribution in [0.3, 0.4) is 0 Å². The second kappa shape index (κ2) is 6.16. The second-order valence-corrected chi connectivity index (χ2v) is 5.53. The monoisotopic (exact) mass is 332 g/mol. The number of benzene rings is 2. The molecular formula is C19H13FN4O. The van der Waals surface area contributed by atoms with Crippen molar-refractivity contribution in [3.8, 4) is 11.3 Å². The Kier molecular flexibility index (Phi) is 3.70. The minimum Gasteiger partial charge on any atom is -0.345 e. The number of aromatic amines is 1. The van der Waals surface area contributed by atoms with Gasteiger partial charge in [-0.25, -0.2) is 9.37 Å². The van der Waals surface area contributed by atoms with Crippen molar-refractivity contribution in [1.82, 2.24) is 15.0 Å². The molecule has 0 atom stereocenters. The van der Waals surface area contributed by atoms with E-state index >= 15 is 0 Å². The molecule has 0 fully saturated rings. The summed E-state index contributed by atoms with van der Waals surface area (Å²) in [4.78, 5) is 23.4. The van der Waals surface area contributed by atoms with Gasteiger partial charge >= 0.3 is 0 Å². The van der Waals surface area contributed by atoms with E-state index in [4.69, 9.17) is 0 Å². The lowest BCUT2D eigenvalue weighted by Gasteiger charge is -2.07. The van der Waals surface area contributed by atoms with Crippen molar-refractivity contribution in [1.29, 1.82) is 0 Å². The van der Waals surface area contributed by atoms with Crippen LogP contribution in [0.25, 0.3) is 22.2 Å². The van der Waals surface area contributed by atoms with E-state index in [1.165, 1.54) is 12.3 Å². The third kappa shape index (κ3) is 2.97. The number of hydrogen-bond donors (Lipinski definition) is 2. The molecule has 2 N–H and O–H groups in total. The van der Waals surface area contributed by atoms with Crippen molar-refractivity contribution in [2.75, 3.05) is 5.32 Å². The number of nitrogens with one attached hydrogen (secondary N) is 2. The van der Waals surface area contributed by atoms with Crippen LogP contribution in [-0.2, 0) is 0 Å². The lowest BCUT2D eigenvalue weighted by Crippen LogP contribution is -2.12. The van der Waals surface area contributed by atoms with Gasteiger partial charge in [0, 0.05) is 10.9 Å². The van der Waals surface area contributed by atoms with Gasteiger partial charge in [0.2, 0.25) is 0 Å². The van der Waals surface area contributed by atoms with Crippen molar-refractivity contribution < 1.29 is 9.18 Å². The number of H-pyrrole nitrogens is 1. The zero-order chi connectivity index (χ0) is 17.2. The minimum absolute atomic E-state index is 0.256. The number of fused-ring (bicyclic) bond motifs is 1. The number of rotatable bonds is 3. The third-order valence-corrected chi connectivity index (χ3v) is 3.88. The number of anilines is 1. The van der Waals surface area contributed by atoms with Crippen LogP contribution in [0.4, 0.5) is 10.1 Å². The van der Waals surface area contributed by atoms with E-state index in [0.717, 1.165) is 11.3 Å². The average molecular weight is 332 g/mol. The fourth-order valence-corrected chi connectivity index (χ4v) is 2.61. The van der Waals surface area contributed by atoms with Crippen molar-refractivity contribution in [2.45, 2.75) is 0 Å². The first-order chi connectivity index (χ1) is 12.2. The quantitative estimate of drug-likeness (QED) is 0.595. The highest BCUT2D eigenvalue weighted by molar-refractivity contribution is 6.05. The Labute approximate surface area is 142 Å². The highest BCUT2D eigenvalue weighted by Crippen LogP contribution is 2.20. The first kappa shape index (κ1) is 15.0. The number of pyridine rings is 1. The van der Waals surface area contributed by atoms with E-state index in [1.54, 1.807) is 42.9 Å². The Bertz CT molecular complexity index is 1040. The number of halogens is 1. The maximum Gasteiger partial charge on any atom is 0.255 e. The third-order valence-electron chi connectivity index (χ3n) is 3.88. The molecule has 6 heteroatoms. The molecule has 2 heterocycles. The zero-order valence-electron chi connectivity index (χ0n) is 13.0. The molecule has 4 rings (SSSR count). The summed E-state index contributed by atoms with van der Waals surface area (Å²) < 4.78 is 13.6. The summed E-state index contributed by atoms with van der Waals surface area (Å²) in [7, 11) is 0. The number of hydrogen-bond acceptors (Lipinski definition) is 3. The van der Waals surface area contributed by atoms with Gasteiger partial charge in [0.15, 0.2) is 0 Å². The molecule has 0 bridgehead atoms. The number of carbonyl (C=O) groups excluding carboxylic acids is 1. The molecule has 5 nitrogen and oxygen atoms in total. The molecule has 0 aliphatic rings. The highest BCUT2D eigenvalue weighted by atomic mass is 19.1. The predicted octanol–water partition coefficient (Wildman–Crippen LogP) is 4.02. The molecular weight excluding hydrogens is 319 g/mol. The average Bonchev–Trinajstić information content (AvgIpc) is 3.17. The highest BCUT2D eigenvalue weighted by Gasteiger charge is 2.09. The molecule has 0 radical (unpaired) electrons. The molecule has 2 aromatic heterocycles. The maximum absolute atomic E-state index is 13.6. The van der Waals surface area contributed by atoms with E-state index < -0.39 is 0 Å². The molecule has 0 saturated carbocycles. The summed E-state index contributed by atoms with van der Waals surface area (Å²) in [6.07, 6.45) is 4.77. The van der Waals surface area contributed by atoms with E-state index in [1.807, 2.05) is 12.1 Å². The van der Waals surface area contributed by atoms with Crippen LogP contribution in [0, 0.1) is 5.82 Å². The largest absolute Gasteiger partial charge is 0.345 e. The van der Waals surface area contributed by atoms with Gasteiger partial charge in [-0.3, -0.25) is 9.78 Å². The molecule has 2 aromatic carbocycles. The van der Waals surface area contributed by atoms with Crippen LogP contribution in [0.15, 0.2) is 67.3 Å². The zero-order valence-corrected chi connectivity index (χ0v) is 13.0. The number of aromatic nitrogens is 3. The van der Waals surface area contributed by atoms with Gasteiger partial charge in [-0.05, 0) is 29.8 Å². The normalized spacial score (nSPS) is 10.8. The van der Waals surface area contributed by atoms with Crippen molar-refractivity contribution in [3.63, 3.8) is 0 Å². The Morgan fingerprint density at radius 2 is 1.92 bits per heavy atom. The first-order valence-corrected chi connectivity index (χ1v) is 7.65. The van der Waals surface area contributed by atoms with Crippen LogP contribution in [-0.4, -0.2) is 20.9 Å². The summed E-state index contributed by atoms with van der Waals surface area (Å²) in [5.74, 6) is -0.640. The number of imidazole rings is 1. The molecule has 25 heavy (non-hydrogen) atoms. The number of nitrogens with zero attached hydrogens (tertiary/aromatic N) is 2. The van der Waals surface area contributed by atoms with Crippen molar-refractivity contribution in [3.05, 3.63) is 78.6 Å².